The zero-order chi connectivity index (χ0) is 19.5. The molecule has 2 aliphatic rings. The predicted molar refractivity (Wildman–Crippen MR) is 107 cm³/mol. The molecule has 4 nitrogen and oxygen atoms in total. The van der Waals surface area contributed by atoms with Crippen molar-refractivity contribution >= 4 is 17.5 Å². The number of hydrogen-bond donors (Lipinski definition) is 1. The van der Waals surface area contributed by atoms with E-state index in [9.17, 15) is 14.0 Å². The van der Waals surface area contributed by atoms with Crippen molar-refractivity contribution in [1.82, 2.24) is 4.90 Å². The first-order valence-corrected chi connectivity index (χ1v) is 10.1. The third-order valence-electron chi connectivity index (χ3n) is 5.98. The summed E-state index contributed by atoms with van der Waals surface area (Å²) < 4.78 is 13.3. The molecule has 1 heterocycles. The number of carbonyl (C=O) groups is 2. The number of fused-ring (bicyclic) bond motifs is 1. The molecule has 1 saturated carbocycles. The molecule has 0 spiro atoms. The lowest BCUT2D eigenvalue weighted by Crippen LogP contribution is -2.49. The van der Waals surface area contributed by atoms with Crippen LogP contribution in [0.3, 0.4) is 0 Å². The number of carbonyl (C=O) groups excluding carboxylic acids is 2. The minimum absolute atomic E-state index is 0.0830. The van der Waals surface area contributed by atoms with Gasteiger partial charge in [0.1, 0.15) is 5.82 Å². The maximum Gasteiger partial charge on any atom is 0.255 e. The van der Waals surface area contributed by atoms with Crippen molar-refractivity contribution < 1.29 is 14.0 Å². The highest BCUT2D eigenvalue weighted by molar-refractivity contribution is 6.04. The minimum Gasteiger partial charge on any atom is -0.335 e. The number of benzene rings is 2. The summed E-state index contributed by atoms with van der Waals surface area (Å²) in [7, 11) is 0. The smallest absolute Gasteiger partial charge is 0.255 e. The summed E-state index contributed by atoms with van der Waals surface area (Å²) in [5.74, 6) is -0.0910. The number of rotatable bonds is 3. The van der Waals surface area contributed by atoms with E-state index in [2.05, 4.69) is 10.2 Å². The number of halogens is 1. The standard InChI is InChI=1S/C23H25FN2O2/c24-19-8-3-6-18(15-19)22(27)25-20-12-10-17(11-13-20)23(28)26-14-4-7-16-5-1-2-9-21(16)26/h3,6,8,10-13,15-16,21H,1-2,4-5,7,9,14H2,(H,25,27)/t16-,21+/m1/s1. The molecule has 2 aromatic carbocycles. The number of nitrogens with zero attached hydrogens (tertiary/aromatic N) is 1. The van der Waals surface area contributed by atoms with E-state index >= 15 is 0 Å². The number of likely N-dealkylation sites (tertiary alicyclic amines) is 1. The minimum atomic E-state index is -0.448. The third-order valence-corrected chi connectivity index (χ3v) is 5.98. The van der Waals surface area contributed by atoms with Crippen LogP contribution in [0.1, 0.15) is 59.2 Å². The first-order chi connectivity index (χ1) is 13.6. The normalized spacial score (nSPS) is 21.7. The van der Waals surface area contributed by atoms with Gasteiger partial charge in [0.25, 0.3) is 11.8 Å². The van der Waals surface area contributed by atoms with Gasteiger partial charge in [-0.2, -0.15) is 0 Å². The fourth-order valence-corrected chi connectivity index (χ4v) is 4.57. The van der Waals surface area contributed by atoms with Gasteiger partial charge >= 0.3 is 0 Å². The summed E-state index contributed by atoms with van der Waals surface area (Å²) in [6.45, 7) is 0.831. The van der Waals surface area contributed by atoms with Crippen molar-refractivity contribution in [3.05, 3.63) is 65.5 Å². The van der Waals surface area contributed by atoms with E-state index in [1.807, 2.05) is 0 Å². The number of hydrogen-bond acceptors (Lipinski definition) is 2. The molecule has 4 rings (SSSR count). The van der Waals surface area contributed by atoms with Crippen molar-refractivity contribution in [2.75, 3.05) is 11.9 Å². The average Bonchev–Trinajstić information content (AvgIpc) is 2.73. The molecular weight excluding hydrogens is 355 g/mol. The van der Waals surface area contributed by atoms with E-state index in [-0.39, 0.29) is 17.4 Å². The second kappa shape index (κ2) is 8.13. The lowest BCUT2D eigenvalue weighted by Gasteiger charge is -2.44. The second-order valence-corrected chi connectivity index (χ2v) is 7.79. The van der Waals surface area contributed by atoms with Gasteiger partial charge in [0.2, 0.25) is 0 Å². The van der Waals surface area contributed by atoms with Gasteiger partial charge < -0.3 is 10.2 Å². The van der Waals surface area contributed by atoms with Crippen LogP contribution in [0.2, 0.25) is 0 Å². The van der Waals surface area contributed by atoms with Gasteiger partial charge in [0.05, 0.1) is 0 Å². The lowest BCUT2D eigenvalue weighted by molar-refractivity contribution is 0.0390. The Balaban J connectivity index is 1.44. The molecule has 0 aromatic heterocycles. The van der Waals surface area contributed by atoms with E-state index in [1.54, 1.807) is 30.3 Å². The molecule has 2 aromatic rings. The average molecular weight is 380 g/mol. The molecule has 1 N–H and O–H groups in total. The summed E-state index contributed by atoms with van der Waals surface area (Å²) in [6.07, 6.45) is 7.14. The molecule has 1 aliphatic carbocycles. The first-order valence-electron chi connectivity index (χ1n) is 10.1. The van der Waals surface area contributed by atoms with E-state index in [0.29, 0.717) is 23.2 Å². The SMILES string of the molecule is O=C(Nc1ccc(C(=O)N2CCC[C@H]3CCCC[C@@H]32)cc1)c1cccc(F)c1. The van der Waals surface area contributed by atoms with Gasteiger partial charge in [-0.15, -0.1) is 0 Å². The van der Waals surface area contributed by atoms with E-state index in [4.69, 9.17) is 0 Å². The van der Waals surface area contributed by atoms with Crippen LogP contribution in [0.5, 0.6) is 0 Å². The summed E-state index contributed by atoms with van der Waals surface area (Å²) in [6, 6.07) is 12.9. The van der Waals surface area contributed by atoms with Gasteiger partial charge in [0.15, 0.2) is 0 Å². The Hall–Kier alpha value is -2.69. The molecule has 5 heteroatoms. The summed E-state index contributed by atoms with van der Waals surface area (Å²) in [5, 5.41) is 2.75. The Labute approximate surface area is 164 Å². The van der Waals surface area contributed by atoms with Crippen molar-refractivity contribution in [3.8, 4) is 0 Å². The van der Waals surface area contributed by atoms with Gasteiger partial charge in [-0.05, 0) is 74.1 Å². The number of nitrogens with one attached hydrogen (secondary N) is 1. The first kappa shape index (κ1) is 18.7. The highest BCUT2D eigenvalue weighted by atomic mass is 19.1. The lowest BCUT2D eigenvalue weighted by atomic mass is 9.78. The summed E-state index contributed by atoms with van der Waals surface area (Å²) in [4.78, 5) is 27.3. The Kier molecular flexibility index (Phi) is 5.42. The molecule has 2 amide bonds. The predicted octanol–water partition coefficient (Wildman–Crippen LogP) is 4.87. The Bertz CT molecular complexity index is 863. The van der Waals surface area contributed by atoms with Crippen molar-refractivity contribution in [2.24, 2.45) is 5.92 Å². The fraction of sp³-hybridized carbons (Fsp3) is 0.391. The highest BCUT2D eigenvalue weighted by Crippen LogP contribution is 2.36. The van der Waals surface area contributed by atoms with Crippen LogP contribution in [-0.2, 0) is 0 Å². The third kappa shape index (κ3) is 3.93. The fourth-order valence-electron chi connectivity index (χ4n) is 4.57. The van der Waals surface area contributed by atoms with Crippen LogP contribution in [0, 0.1) is 11.7 Å². The molecule has 0 radical (unpaired) electrons. The Morgan fingerprint density at radius 2 is 1.68 bits per heavy atom. The van der Waals surface area contributed by atoms with Crippen LogP contribution in [0.25, 0.3) is 0 Å². The second-order valence-electron chi connectivity index (χ2n) is 7.79. The number of anilines is 1. The van der Waals surface area contributed by atoms with Crippen molar-refractivity contribution in [3.63, 3.8) is 0 Å². The zero-order valence-electron chi connectivity index (χ0n) is 15.9. The number of piperidine rings is 1. The van der Waals surface area contributed by atoms with Crippen LogP contribution in [0.4, 0.5) is 10.1 Å². The molecule has 146 valence electrons. The molecular formula is C23H25FN2O2. The maximum absolute atomic E-state index is 13.3. The van der Waals surface area contributed by atoms with Crippen molar-refractivity contribution in [2.45, 2.75) is 44.6 Å². The van der Waals surface area contributed by atoms with Gasteiger partial charge in [-0.1, -0.05) is 18.9 Å². The quantitative estimate of drug-likeness (QED) is 0.826. The Morgan fingerprint density at radius 3 is 2.46 bits per heavy atom. The largest absolute Gasteiger partial charge is 0.335 e. The van der Waals surface area contributed by atoms with Crippen molar-refractivity contribution in [1.29, 1.82) is 0 Å². The molecule has 1 saturated heterocycles. The van der Waals surface area contributed by atoms with Gasteiger partial charge in [-0.3, -0.25) is 9.59 Å². The van der Waals surface area contributed by atoms with E-state index in [1.165, 1.54) is 43.9 Å². The molecule has 0 bridgehead atoms. The van der Waals surface area contributed by atoms with Crippen LogP contribution in [-0.4, -0.2) is 29.3 Å². The van der Waals surface area contributed by atoms with Crippen LogP contribution >= 0.6 is 0 Å². The van der Waals surface area contributed by atoms with Crippen LogP contribution in [0.15, 0.2) is 48.5 Å². The molecule has 0 unspecified atom stereocenters. The summed E-state index contributed by atoms with van der Waals surface area (Å²) in [5.41, 5.74) is 1.49. The monoisotopic (exact) mass is 380 g/mol. The van der Waals surface area contributed by atoms with E-state index < -0.39 is 5.82 Å². The molecule has 2 fully saturated rings. The van der Waals surface area contributed by atoms with Crippen LogP contribution < -0.4 is 5.32 Å². The Morgan fingerprint density at radius 1 is 0.929 bits per heavy atom. The molecule has 2 atom stereocenters. The van der Waals surface area contributed by atoms with E-state index in [0.717, 1.165) is 19.4 Å². The maximum atomic E-state index is 13.3. The van der Waals surface area contributed by atoms with Gasteiger partial charge in [-0.25, -0.2) is 4.39 Å². The highest BCUT2D eigenvalue weighted by Gasteiger charge is 2.35. The molecule has 1 aliphatic heterocycles. The van der Waals surface area contributed by atoms with Gasteiger partial charge in [0, 0.05) is 29.4 Å². The topological polar surface area (TPSA) is 49.4 Å². The zero-order valence-corrected chi connectivity index (χ0v) is 15.9. The number of amides is 2. The summed E-state index contributed by atoms with van der Waals surface area (Å²) >= 11 is 0. The molecule has 28 heavy (non-hydrogen) atoms.